The molecule has 112 valence electrons. The first kappa shape index (κ1) is 17.1. The zero-order valence-electron chi connectivity index (χ0n) is 12.1. The molecule has 0 aromatic heterocycles. The summed E-state index contributed by atoms with van der Waals surface area (Å²) in [6, 6.07) is 8.90. The molecule has 0 aliphatic heterocycles. The molecule has 0 saturated carbocycles. The number of carbonyl (C=O) groups is 2. The molecule has 1 N–H and O–H groups in total. The lowest BCUT2D eigenvalue weighted by atomic mass is 10.2. The fourth-order valence-corrected chi connectivity index (χ4v) is 2.59. The van der Waals surface area contributed by atoms with E-state index in [0.29, 0.717) is 29.8 Å². The summed E-state index contributed by atoms with van der Waals surface area (Å²) in [5.41, 5.74) is 0.968. The molecule has 1 amide bonds. The van der Waals surface area contributed by atoms with E-state index in [0.717, 1.165) is 0 Å². The summed E-state index contributed by atoms with van der Waals surface area (Å²) >= 11 is 1.54. The monoisotopic (exact) mass is 306 g/mol. The molecule has 5 nitrogen and oxygen atoms in total. The predicted octanol–water partition coefficient (Wildman–Crippen LogP) is 2.57. The van der Waals surface area contributed by atoms with Gasteiger partial charge >= 0.3 is 5.97 Å². The van der Waals surface area contributed by atoms with Crippen LogP contribution in [0.4, 0.5) is 5.69 Å². The van der Waals surface area contributed by atoms with Crippen molar-refractivity contribution in [1.82, 2.24) is 0 Å². The summed E-state index contributed by atoms with van der Waals surface area (Å²) < 4.78 is 4.59. The highest BCUT2D eigenvalue weighted by molar-refractivity contribution is 7.99. The zero-order chi connectivity index (χ0) is 15.7. The SMILES string of the molecule is COC(=O)CC(C)SCCC(=O)Nc1ccccc1C#N. The van der Waals surface area contributed by atoms with E-state index < -0.39 is 0 Å². The highest BCUT2D eigenvalue weighted by Gasteiger charge is 2.11. The first-order valence-corrected chi connectivity index (χ1v) is 7.59. The van der Waals surface area contributed by atoms with Crippen molar-refractivity contribution in [1.29, 1.82) is 5.26 Å². The average Bonchev–Trinajstić information content (AvgIpc) is 2.47. The molecule has 1 rings (SSSR count). The number of ether oxygens (including phenoxy) is 1. The summed E-state index contributed by atoms with van der Waals surface area (Å²) in [7, 11) is 1.36. The first-order valence-electron chi connectivity index (χ1n) is 6.54. The molecular weight excluding hydrogens is 288 g/mol. The van der Waals surface area contributed by atoms with Gasteiger partial charge < -0.3 is 10.1 Å². The van der Waals surface area contributed by atoms with Crippen molar-refractivity contribution in [2.75, 3.05) is 18.2 Å². The Balaban J connectivity index is 2.35. The Morgan fingerprint density at radius 2 is 2.14 bits per heavy atom. The quantitative estimate of drug-likeness (QED) is 0.783. The van der Waals surface area contributed by atoms with Gasteiger partial charge in [-0.2, -0.15) is 17.0 Å². The van der Waals surface area contributed by atoms with Crippen LogP contribution in [0.15, 0.2) is 24.3 Å². The van der Waals surface area contributed by atoms with Gasteiger partial charge in [-0.15, -0.1) is 0 Å². The Morgan fingerprint density at radius 3 is 2.81 bits per heavy atom. The average molecular weight is 306 g/mol. The van der Waals surface area contributed by atoms with Crippen molar-refractivity contribution in [3.05, 3.63) is 29.8 Å². The van der Waals surface area contributed by atoms with Gasteiger partial charge in [0.2, 0.25) is 5.91 Å². The molecule has 0 saturated heterocycles. The third-order valence-electron chi connectivity index (χ3n) is 2.73. The first-order chi connectivity index (χ1) is 10.1. The van der Waals surface area contributed by atoms with Crippen LogP contribution in [-0.2, 0) is 14.3 Å². The molecule has 1 aromatic carbocycles. The predicted molar refractivity (Wildman–Crippen MR) is 83.0 cm³/mol. The van der Waals surface area contributed by atoms with Gasteiger partial charge in [0.05, 0.1) is 24.8 Å². The second-order valence-corrected chi connectivity index (χ2v) is 5.96. The number of hydrogen-bond donors (Lipinski definition) is 1. The number of rotatable bonds is 7. The number of amides is 1. The third-order valence-corrected chi connectivity index (χ3v) is 3.91. The molecule has 0 aliphatic carbocycles. The van der Waals surface area contributed by atoms with Crippen molar-refractivity contribution >= 4 is 29.3 Å². The van der Waals surface area contributed by atoms with Crippen molar-refractivity contribution in [3.8, 4) is 6.07 Å². The number of nitriles is 1. The van der Waals surface area contributed by atoms with Crippen molar-refractivity contribution in [3.63, 3.8) is 0 Å². The number of carbonyl (C=O) groups excluding carboxylic acids is 2. The minimum atomic E-state index is -0.248. The van der Waals surface area contributed by atoms with Gasteiger partial charge in [-0.3, -0.25) is 9.59 Å². The smallest absolute Gasteiger partial charge is 0.306 e. The number of anilines is 1. The number of methoxy groups -OCH3 is 1. The van der Waals surface area contributed by atoms with Crippen LogP contribution in [0.2, 0.25) is 0 Å². The standard InChI is InChI=1S/C15H18N2O3S/c1-11(9-15(19)20-2)21-8-7-14(18)17-13-6-4-3-5-12(13)10-16/h3-6,11H,7-9H2,1-2H3,(H,17,18). The number of nitrogens with one attached hydrogen (secondary N) is 1. The topological polar surface area (TPSA) is 79.2 Å². The Kier molecular flexibility index (Phi) is 7.33. The fraction of sp³-hybridized carbons (Fsp3) is 0.400. The van der Waals surface area contributed by atoms with Gasteiger partial charge in [-0.25, -0.2) is 0 Å². The van der Waals surface area contributed by atoms with Crippen LogP contribution in [0.5, 0.6) is 0 Å². The van der Waals surface area contributed by atoms with E-state index in [1.165, 1.54) is 7.11 Å². The van der Waals surface area contributed by atoms with E-state index in [1.54, 1.807) is 36.0 Å². The Labute approximate surface area is 128 Å². The van der Waals surface area contributed by atoms with Crippen LogP contribution >= 0.6 is 11.8 Å². The van der Waals surface area contributed by atoms with Crippen LogP contribution in [0.25, 0.3) is 0 Å². The lowest BCUT2D eigenvalue weighted by molar-refractivity contribution is -0.140. The molecule has 0 heterocycles. The fourth-order valence-electron chi connectivity index (χ4n) is 1.63. The summed E-state index contributed by atoms with van der Waals surface area (Å²) in [6.45, 7) is 1.92. The van der Waals surface area contributed by atoms with Crippen LogP contribution in [0, 0.1) is 11.3 Å². The molecule has 0 aliphatic rings. The number of hydrogen-bond acceptors (Lipinski definition) is 5. The summed E-state index contributed by atoms with van der Waals surface area (Å²) in [6.07, 6.45) is 0.663. The normalized spacial score (nSPS) is 11.3. The molecule has 0 radical (unpaired) electrons. The highest BCUT2D eigenvalue weighted by Crippen LogP contribution is 2.17. The number of para-hydroxylation sites is 1. The second-order valence-electron chi connectivity index (χ2n) is 4.42. The molecule has 21 heavy (non-hydrogen) atoms. The Morgan fingerprint density at radius 1 is 1.43 bits per heavy atom. The van der Waals surface area contributed by atoms with Crippen LogP contribution in [0.3, 0.4) is 0 Å². The molecular formula is C15H18N2O3S. The lowest BCUT2D eigenvalue weighted by Crippen LogP contribution is -2.14. The number of esters is 1. The van der Waals surface area contributed by atoms with Gasteiger partial charge in [0.15, 0.2) is 0 Å². The van der Waals surface area contributed by atoms with E-state index >= 15 is 0 Å². The van der Waals surface area contributed by atoms with Gasteiger partial charge in [0.1, 0.15) is 6.07 Å². The van der Waals surface area contributed by atoms with E-state index in [-0.39, 0.29) is 17.1 Å². The van der Waals surface area contributed by atoms with E-state index in [2.05, 4.69) is 10.1 Å². The maximum Gasteiger partial charge on any atom is 0.306 e. The second kappa shape index (κ2) is 9.03. The molecule has 1 aromatic rings. The molecule has 0 bridgehead atoms. The van der Waals surface area contributed by atoms with Gasteiger partial charge in [-0.1, -0.05) is 19.1 Å². The largest absolute Gasteiger partial charge is 0.469 e. The van der Waals surface area contributed by atoms with Crippen molar-refractivity contribution in [2.24, 2.45) is 0 Å². The molecule has 1 unspecified atom stereocenters. The maximum absolute atomic E-state index is 11.8. The minimum absolute atomic E-state index is 0.108. The van der Waals surface area contributed by atoms with Crippen molar-refractivity contribution < 1.29 is 14.3 Å². The minimum Gasteiger partial charge on any atom is -0.469 e. The number of thioether (sulfide) groups is 1. The summed E-state index contributed by atoms with van der Waals surface area (Å²) in [4.78, 5) is 22.9. The molecule has 0 fully saturated rings. The van der Waals surface area contributed by atoms with Crippen LogP contribution < -0.4 is 5.32 Å². The van der Waals surface area contributed by atoms with E-state index in [1.807, 2.05) is 13.0 Å². The van der Waals surface area contributed by atoms with Crippen molar-refractivity contribution in [2.45, 2.75) is 25.0 Å². The number of nitrogens with zero attached hydrogens (tertiary/aromatic N) is 1. The highest BCUT2D eigenvalue weighted by atomic mass is 32.2. The number of benzene rings is 1. The van der Waals surface area contributed by atoms with Gasteiger partial charge in [0, 0.05) is 17.4 Å². The van der Waals surface area contributed by atoms with E-state index in [4.69, 9.17) is 5.26 Å². The maximum atomic E-state index is 11.8. The Hall–Kier alpha value is -2.00. The summed E-state index contributed by atoms with van der Waals surface area (Å²) in [5.74, 6) is 0.219. The molecule has 6 heteroatoms. The lowest BCUT2D eigenvalue weighted by Gasteiger charge is -2.10. The van der Waals surface area contributed by atoms with Gasteiger partial charge in [-0.05, 0) is 12.1 Å². The molecule has 0 spiro atoms. The van der Waals surface area contributed by atoms with Crippen LogP contribution in [-0.4, -0.2) is 30.0 Å². The van der Waals surface area contributed by atoms with E-state index in [9.17, 15) is 9.59 Å². The third kappa shape index (κ3) is 6.32. The summed E-state index contributed by atoms with van der Waals surface area (Å²) in [5, 5.41) is 11.8. The van der Waals surface area contributed by atoms with Crippen LogP contribution in [0.1, 0.15) is 25.3 Å². The molecule has 1 atom stereocenters. The van der Waals surface area contributed by atoms with Gasteiger partial charge in [0.25, 0.3) is 0 Å². The Bertz CT molecular complexity index is 540. The zero-order valence-corrected chi connectivity index (χ0v) is 12.9.